The quantitative estimate of drug-likeness (QED) is 0.462. The zero-order valence-corrected chi connectivity index (χ0v) is 19.1. The molecule has 34 heavy (non-hydrogen) atoms. The number of hydrogen-bond donors (Lipinski definition) is 3. The second-order valence-electron chi connectivity index (χ2n) is 8.33. The number of aliphatic hydroxyl groups excluding tert-OH is 1. The summed E-state index contributed by atoms with van der Waals surface area (Å²) in [5, 5.41) is 15.5. The highest BCUT2D eigenvalue weighted by Crippen LogP contribution is 2.28. The summed E-state index contributed by atoms with van der Waals surface area (Å²) in [4.78, 5) is 30.8. The van der Waals surface area contributed by atoms with Gasteiger partial charge in [-0.25, -0.2) is 9.37 Å². The normalized spacial score (nSPS) is 15.9. The van der Waals surface area contributed by atoms with Crippen molar-refractivity contribution in [3.63, 3.8) is 0 Å². The van der Waals surface area contributed by atoms with Gasteiger partial charge in [-0.15, -0.1) is 0 Å². The van der Waals surface area contributed by atoms with E-state index in [-0.39, 0.29) is 30.5 Å². The summed E-state index contributed by atoms with van der Waals surface area (Å²) in [6, 6.07) is 6.27. The Labute approximate surface area is 196 Å². The van der Waals surface area contributed by atoms with Gasteiger partial charge in [0, 0.05) is 36.8 Å². The highest BCUT2D eigenvalue weighted by atomic mass is 19.1. The van der Waals surface area contributed by atoms with E-state index in [0.717, 1.165) is 16.7 Å². The Morgan fingerprint density at radius 2 is 2.26 bits per heavy atom. The fourth-order valence-electron chi connectivity index (χ4n) is 3.99. The molecule has 1 unspecified atom stereocenters. The Bertz CT molecular complexity index is 1250. The molecule has 9 heteroatoms. The standard InChI is InChI=1S/C25H27FN4O4/c1-15-18-4-3-5-19(26)23(18)34-21(15)14-30(2)22(32)9-6-16-12-17-7-8-20(27-10-11-31)25(33)29-24(17)28-13-16/h3-6,9,12-13,20,27,31H,7-8,10-11,14H2,1-2H3,(H,28,29,33)/b9-6+. The van der Waals surface area contributed by atoms with Crippen LogP contribution in [0.15, 0.2) is 41.0 Å². The molecule has 4 rings (SSSR count). The molecule has 0 spiro atoms. The topological polar surface area (TPSA) is 108 Å². The van der Waals surface area contributed by atoms with E-state index in [9.17, 15) is 14.0 Å². The molecule has 1 aliphatic heterocycles. The molecule has 2 aromatic heterocycles. The minimum atomic E-state index is -0.428. The number of likely N-dealkylation sites (N-methyl/N-ethyl adjacent to an activating group) is 1. The minimum Gasteiger partial charge on any atom is -0.456 e. The van der Waals surface area contributed by atoms with Gasteiger partial charge in [0.2, 0.25) is 11.8 Å². The number of furan rings is 1. The number of halogens is 1. The molecule has 3 N–H and O–H groups in total. The van der Waals surface area contributed by atoms with Crippen molar-refractivity contribution < 1.29 is 23.5 Å². The molecule has 0 bridgehead atoms. The summed E-state index contributed by atoms with van der Waals surface area (Å²) in [7, 11) is 1.65. The van der Waals surface area contributed by atoms with Gasteiger partial charge in [0.1, 0.15) is 11.6 Å². The summed E-state index contributed by atoms with van der Waals surface area (Å²) in [5.74, 6) is 0.197. The van der Waals surface area contributed by atoms with Crippen LogP contribution in [0.2, 0.25) is 0 Å². The van der Waals surface area contributed by atoms with Crippen molar-refractivity contribution in [3.8, 4) is 0 Å². The Balaban J connectivity index is 1.43. The average Bonchev–Trinajstić information content (AvgIpc) is 3.05. The van der Waals surface area contributed by atoms with Crippen molar-refractivity contribution in [2.24, 2.45) is 0 Å². The van der Waals surface area contributed by atoms with Crippen LogP contribution >= 0.6 is 0 Å². The maximum atomic E-state index is 14.0. The van der Waals surface area contributed by atoms with Gasteiger partial charge in [-0.1, -0.05) is 12.1 Å². The van der Waals surface area contributed by atoms with Crippen LogP contribution in [0.4, 0.5) is 10.2 Å². The number of hydrogen-bond acceptors (Lipinski definition) is 6. The number of benzene rings is 1. The van der Waals surface area contributed by atoms with Gasteiger partial charge in [0.05, 0.1) is 19.2 Å². The van der Waals surface area contributed by atoms with Gasteiger partial charge in [-0.3, -0.25) is 9.59 Å². The lowest BCUT2D eigenvalue weighted by Crippen LogP contribution is -2.41. The van der Waals surface area contributed by atoms with Crippen LogP contribution in [0.25, 0.3) is 17.0 Å². The Hall–Kier alpha value is -3.56. The van der Waals surface area contributed by atoms with E-state index in [1.165, 1.54) is 17.0 Å². The molecule has 0 saturated heterocycles. The van der Waals surface area contributed by atoms with Gasteiger partial charge in [0.25, 0.3) is 0 Å². The molecule has 1 atom stereocenters. The number of fused-ring (bicyclic) bond motifs is 2. The Morgan fingerprint density at radius 1 is 1.44 bits per heavy atom. The zero-order chi connectivity index (χ0) is 24.2. The summed E-state index contributed by atoms with van der Waals surface area (Å²) >= 11 is 0. The third-order valence-electron chi connectivity index (χ3n) is 5.94. The molecule has 1 aliphatic rings. The van der Waals surface area contributed by atoms with Gasteiger partial charge < -0.3 is 25.1 Å². The summed E-state index contributed by atoms with van der Waals surface area (Å²) < 4.78 is 19.7. The Morgan fingerprint density at radius 3 is 3.03 bits per heavy atom. The molecule has 0 saturated carbocycles. The fraction of sp³-hybridized carbons (Fsp3) is 0.320. The van der Waals surface area contributed by atoms with Gasteiger partial charge >= 0.3 is 0 Å². The first-order valence-electron chi connectivity index (χ1n) is 11.1. The lowest BCUT2D eigenvalue weighted by Gasteiger charge is -2.14. The van der Waals surface area contributed by atoms with E-state index in [1.807, 2.05) is 13.0 Å². The van der Waals surface area contributed by atoms with Crippen molar-refractivity contribution in [3.05, 3.63) is 64.8 Å². The molecule has 0 aliphatic carbocycles. The largest absolute Gasteiger partial charge is 0.456 e. The minimum absolute atomic E-state index is 0.0425. The first kappa shape index (κ1) is 23.6. The summed E-state index contributed by atoms with van der Waals surface area (Å²) in [5.41, 5.74) is 2.62. The number of carbonyl (C=O) groups is 2. The van der Waals surface area contributed by atoms with Crippen LogP contribution in [0.1, 0.15) is 28.9 Å². The first-order valence-corrected chi connectivity index (χ1v) is 11.1. The summed E-state index contributed by atoms with van der Waals surface area (Å²) in [6.07, 6.45) is 5.92. The number of rotatable bonds is 7. The third-order valence-corrected chi connectivity index (χ3v) is 5.94. The molecule has 178 valence electrons. The second-order valence-corrected chi connectivity index (χ2v) is 8.33. The van der Waals surface area contributed by atoms with E-state index in [2.05, 4.69) is 15.6 Å². The smallest absolute Gasteiger partial charge is 0.246 e. The lowest BCUT2D eigenvalue weighted by molar-refractivity contribution is -0.125. The number of aryl methyl sites for hydroxylation is 2. The number of nitrogens with zero attached hydrogens (tertiary/aromatic N) is 2. The van der Waals surface area contributed by atoms with Crippen LogP contribution in [-0.4, -0.2) is 53.0 Å². The molecule has 1 aromatic carbocycles. The first-order chi connectivity index (χ1) is 16.4. The number of aliphatic hydroxyl groups is 1. The van der Waals surface area contributed by atoms with Crippen LogP contribution < -0.4 is 10.6 Å². The SMILES string of the molecule is Cc1c(CN(C)C(=O)/C=C/c2cnc3c(c2)CCC(NCCO)C(=O)N3)oc2c(F)cccc12. The molecule has 0 radical (unpaired) electrons. The van der Waals surface area contributed by atoms with Crippen LogP contribution in [0, 0.1) is 12.7 Å². The monoisotopic (exact) mass is 466 g/mol. The van der Waals surface area contributed by atoms with Crippen LogP contribution in [0.5, 0.6) is 0 Å². The highest BCUT2D eigenvalue weighted by Gasteiger charge is 2.23. The molecular weight excluding hydrogens is 439 g/mol. The predicted octanol–water partition coefficient (Wildman–Crippen LogP) is 2.78. The number of carbonyl (C=O) groups excluding carboxylic acids is 2. The van der Waals surface area contributed by atoms with Gasteiger partial charge in [-0.05, 0) is 49.1 Å². The van der Waals surface area contributed by atoms with Crippen molar-refractivity contribution >= 4 is 34.7 Å². The number of amides is 2. The van der Waals surface area contributed by atoms with Gasteiger partial charge in [0.15, 0.2) is 11.4 Å². The van der Waals surface area contributed by atoms with E-state index >= 15 is 0 Å². The average molecular weight is 467 g/mol. The molecule has 0 fully saturated rings. The number of pyridine rings is 1. The van der Waals surface area contributed by atoms with E-state index in [4.69, 9.17) is 9.52 Å². The van der Waals surface area contributed by atoms with Crippen molar-refractivity contribution in [1.29, 1.82) is 0 Å². The van der Waals surface area contributed by atoms with Crippen molar-refractivity contribution in [2.45, 2.75) is 32.4 Å². The number of anilines is 1. The number of para-hydroxylation sites is 1. The van der Waals surface area contributed by atoms with Crippen molar-refractivity contribution in [1.82, 2.24) is 15.2 Å². The number of aromatic nitrogens is 1. The Kier molecular flexibility index (Phi) is 7.04. The third kappa shape index (κ3) is 5.00. The van der Waals surface area contributed by atoms with Crippen molar-refractivity contribution in [2.75, 3.05) is 25.5 Å². The van der Waals surface area contributed by atoms with Gasteiger partial charge in [-0.2, -0.15) is 0 Å². The maximum absolute atomic E-state index is 14.0. The zero-order valence-electron chi connectivity index (χ0n) is 19.1. The molecule has 2 amide bonds. The molecule has 8 nitrogen and oxygen atoms in total. The molecule has 3 aromatic rings. The van der Waals surface area contributed by atoms with Crippen LogP contribution in [0.3, 0.4) is 0 Å². The second kappa shape index (κ2) is 10.1. The molecule has 3 heterocycles. The lowest BCUT2D eigenvalue weighted by atomic mass is 10.1. The number of nitrogens with one attached hydrogen (secondary N) is 2. The fourth-order valence-corrected chi connectivity index (χ4v) is 3.99. The predicted molar refractivity (Wildman–Crippen MR) is 126 cm³/mol. The highest BCUT2D eigenvalue weighted by molar-refractivity contribution is 5.95. The van der Waals surface area contributed by atoms with E-state index in [1.54, 1.807) is 31.5 Å². The van der Waals surface area contributed by atoms with E-state index < -0.39 is 11.9 Å². The maximum Gasteiger partial charge on any atom is 0.246 e. The molecular formula is C25H27FN4O4. The van der Waals surface area contributed by atoms with Crippen LogP contribution in [-0.2, 0) is 22.6 Å². The van der Waals surface area contributed by atoms with E-state index in [0.29, 0.717) is 36.4 Å². The summed E-state index contributed by atoms with van der Waals surface area (Å²) in [6.45, 7) is 2.35.